The van der Waals surface area contributed by atoms with Gasteiger partial charge < -0.3 is 9.64 Å². The number of rotatable bonds is 8. The van der Waals surface area contributed by atoms with Crippen molar-refractivity contribution >= 4 is 33.9 Å². The van der Waals surface area contributed by atoms with Gasteiger partial charge in [-0.3, -0.25) is 9.89 Å². The van der Waals surface area contributed by atoms with Gasteiger partial charge in [-0.05, 0) is 60.3 Å². The van der Waals surface area contributed by atoms with E-state index in [-0.39, 0.29) is 0 Å². The first-order chi connectivity index (χ1) is 17.0. The van der Waals surface area contributed by atoms with Crippen LogP contribution in [0.5, 0.6) is 0 Å². The van der Waals surface area contributed by atoms with E-state index in [4.69, 9.17) is 26.3 Å². The van der Waals surface area contributed by atoms with Crippen LogP contribution in [0, 0.1) is 0 Å². The molecule has 0 saturated heterocycles. The number of amidine groups is 1. The third kappa shape index (κ3) is 5.68. The summed E-state index contributed by atoms with van der Waals surface area (Å²) in [4.78, 5) is 14.3. The minimum Gasteiger partial charge on any atom is -0.380 e. The predicted octanol–water partition coefficient (Wildman–Crippen LogP) is 7.22. The molecule has 0 bridgehead atoms. The smallest absolute Gasteiger partial charge is 0.191 e. The number of aliphatic imine (C=N–C) groups is 1. The molecule has 0 radical (unpaired) electrons. The van der Waals surface area contributed by atoms with Gasteiger partial charge in [0.1, 0.15) is 11.7 Å². The molecule has 0 atom stereocenters. The van der Waals surface area contributed by atoms with Gasteiger partial charge in [0.05, 0.1) is 18.8 Å². The lowest BCUT2D eigenvalue weighted by molar-refractivity contribution is 0.234. The molecule has 2 aromatic rings. The van der Waals surface area contributed by atoms with Gasteiger partial charge in [-0.2, -0.15) is 0 Å². The zero-order valence-corrected chi connectivity index (χ0v) is 22.3. The van der Waals surface area contributed by atoms with Crippen LogP contribution in [0.2, 0.25) is 5.02 Å². The minimum absolute atomic E-state index is 0.552. The number of ether oxygens (including phenoxy) is 1. The van der Waals surface area contributed by atoms with Gasteiger partial charge in [-0.15, -0.1) is 17.1 Å². The molecule has 0 amide bonds. The number of allylic oxidation sites excluding steroid dienone is 2. The van der Waals surface area contributed by atoms with Gasteiger partial charge in [0, 0.05) is 36.3 Å². The highest BCUT2D eigenvalue weighted by Crippen LogP contribution is 2.34. The Labute approximate surface area is 217 Å². The maximum atomic E-state index is 6.07. The van der Waals surface area contributed by atoms with E-state index < -0.39 is 0 Å². The second-order valence-corrected chi connectivity index (χ2v) is 9.58. The van der Waals surface area contributed by atoms with E-state index >= 15 is 0 Å². The van der Waals surface area contributed by atoms with Crippen molar-refractivity contribution in [2.45, 2.75) is 33.1 Å². The fraction of sp³-hybridized carbons (Fsp3) is 0.321. The molecule has 3 heterocycles. The van der Waals surface area contributed by atoms with Crippen LogP contribution >= 0.6 is 22.9 Å². The van der Waals surface area contributed by atoms with E-state index in [1.165, 1.54) is 16.7 Å². The molecule has 1 aromatic carbocycles. The highest BCUT2D eigenvalue weighted by atomic mass is 35.5. The molecule has 5 nitrogen and oxygen atoms in total. The molecular weight excluding hydrogens is 476 g/mol. The second-order valence-electron chi connectivity index (χ2n) is 8.30. The standard InChI is InChI=1S/C28H31ClN4OS/c1-5-20(10-8-16-34-4)23-9-7-11-26-30-17-21(6-2)27(33(26)18-23)32(3)28-31-25(19-35-28)22-12-14-24(29)15-13-22/h7-8,11-15,18-19H,5-6,9,16-17H2,1-4H3. The summed E-state index contributed by atoms with van der Waals surface area (Å²) in [6.07, 6.45) is 11.1. The van der Waals surface area contributed by atoms with Crippen molar-refractivity contribution in [3.63, 3.8) is 0 Å². The SMILES string of the molecule is CCC(=C=CCOC)C1=CN2C(=NCC(CC)=C2N(C)c2nc(-c3ccc(Cl)cc3)cs2)C=CC1. The number of hydrogen-bond donors (Lipinski definition) is 0. The molecule has 0 saturated carbocycles. The highest BCUT2D eigenvalue weighted by molar-refractivity contribution is 7.14. The number of halogens is 1. The van der Waals surface area contributed by atoms with Crippen molar-refractivity contribution in [3.05, 3.63) is 87.4 Å². The summed E-state index contributed by atoms with van der Waals surface area (Å²) in [6, 6.07) is 7.81. The van der Waals surface area contributed by atoms with Gasteiger partial charge >= 0.3 is 0 Å². The van der Waals surface area contributed by atoms with Crippen LogP contribution < -0.4 is 4.90 Å². The van der Waals surface area contributed by atoms with Crippen molar-refractivity contribution in [1.82, 2.24) is 9.88 Å². The van der Waals surface area contributed by atoms with Gasteiger partial charge in [-0.25, -0.2) is 4.98 Å². The zero-order chi connectivity index (χ0) is 24.8. The Kier molecular flexibility index (Phi) is 8.42. The lowest BCUT2D eigenvalue weighted by Gasteiger charge is -2.35. The largest absolute Gasteiger partial charge is 0.380 e. The van der Waals surface area contributed by atoms with Crippen LogP contribution in [0.15, 0.2) is 87.3 Å². The normalized spacial score (nSPS) is 15.2. The summed E-state index contributed by atoms with van der Waals surface area (Å²) in [5.41, 5.74) is 9.13. The van der Waals surface area contributed by atoms with Crippen LogP contribution in [-0.2, 0) is 4.74 Å². The number of nitrogens with zero attached hydrogens (tertiary/aromatic N) is 4. The molecule has 0 aliphatic carbocycles. The Morgan fingerprint density at radius 3 is 2.80 bits per heavy atom. The first kappa shape index (κ1) is 25.2. The first-order valence-corrected chi connectivity index (χ1v) is 13.1. The summed E-state index contributed by atoms with van der Waals surface area (Å²) in [5.74, 6) is 2.07. The van der Waals surface area contributed by atoms with Crippen LogP contribution in [0.1, 0.15) is 33.1 Å². The molecule has 7 heteroatoms. The molecule has 2 aliphatic heterocycles. The van der Waals surface area contributed by atoms with Crippen molar-refractivity contribution in [1.29, 1.82) is 0 Å². The van der Waals surface area contributed by atoms with Gasteiger partial charge in [0.25, 0.3) is 0 Å². The maximum absolute atomic E-state index is 6.07. The Morgan fingerprint density at radius 2 is 2.09 bits per heavy atom. The molecular formula is C28H31ClN4OS. The van der Waals surface area contributed by atoms with E-state index in [1.54, 1.807) is 18.4 Å². The molecule has 1 aromatic heterocycles. The third-order valence-electron chi connectivity index (χ3n) is 6.04. The van der Waals surface area contributed by atoms with E-state index in [9.17, 15) is 0 Å². The Hall–Kier alpha value is -2.89. The number of methoxy groups -OCH3 is 1. The lowest BCUT2D eigenvalue weighted by atomic mass is 10.0. The number of aromatic nitrogens is 1. The Bertz CT molecular complexity index is 1250. The zero-order valence-electron chi connectivity index (χ0n) is 20.7. The summed E-state index contributed by atoms with van der Waals surface area (Å²) in [6.45, 7) is 5.59. The van der Waals surface area contributed by atoms with E-state index in [0.717, 1.165) is 52.3 Å². The minimum atomic E-state index is 0.552. The summed E-state index contributed by atoms with van der Waals surface area (Å²) < 4.78 is 5.18. The summed E-state index contributed by atoms with van der Waals surface area (Å²) >= 11 is 7.71. The monoisotopic (exact) mass is 506 g/mol. The Morgan fingerprint density at radius 1 is 1.29 bits per heavy atom. The third-order valence-corrected chi connectivity index (χ3v) is 7.21. The lowest BCUT2D eigenvalue weighted by Crippen LogP contribution is -2.37. The van der Waals surface area contributed by atoms with Gasteiger partial charge in [0.2, 0.25) is 0 Å². The average Bonchev–Trinajstić information content (AvgIpc) is 3.27. The molecule has 4 rings (SSSR count). The highest BCUT2D eigenvalue weighted by Gasteiger charge is 2.27. The van der Waals surface area contributed by atoms with E-state index in [2.05, 4.69) is 60.2 Å². The average molecular weight is 507 g/mol. The fourth-order valence-electron chi connectivity index (χ4n) is 4.16. The molecule has 0 N–H and O–H groups in total. The van der Waals surface area contributed by atoms with E-state index in [1.807, 2.05) is 30.3 Å². The Balaban J connectivity index is 1.72. The quantitative estimate of drug-likeness (QED) is 0.354. The van der Waals surface area contributed by atoms with E-state index in [0.29, 0.717) is 13.2 Å². The van der Waals surface area contributed by atoms with Crippen molar-refractivity contribution in [2.75, 3.05) is 32.2 Å². The van der Waals surface area contributed by atoms with Crippen LogP contribution in [-0.4, -0.2) is 43.0 Å². The van der Waals surface area contributed by atoms with Crippen LogP contribution in [0.3, 0.4) is 0 Å². The molecule has 182 valence electrons. The fourth-order valence-corrected chi connectivity index (χ4v) is 5.09. The van der Waals surface area contributed by atoms with Crippen molar-refractivity contribution in [2.24, 2.45) is 4.99 Å². The number of anilines is 1. The van der Waals surface area contributed by atoms with Crippen LogP contribution in [0.25, 0.3) is 11.3 Å². The number of thiazole rings is 1. The van der Waals surface area contributed by atoms with Crippen molar-refractivity contribution < 1.29 is 4.74 Å². The molecule has 35 heavy (non-hydrogen) atoms. The second kappa shape index (κ2) is 11.7. The molecule has 2 aliphatic rings. The van der Waals surface area contributed by atoms with Gasteiger partial charge in [-0.1, -0.05) is 43.7 Å². The number of hydrogen-bond acceptors (Lipinski definition) is 6. The molecule has 0 spiro atoms. The van der Waals surface area contributed by atoms with Crippen LogP contribution in [0.4, 0.5) is 5.13 Å². The predicted molar refractivity (Wildman–Crippen MR) is 148 cm³/mol. The van der Waals surface area contributed by atoms with Crippen molar-refractivity contribution in [3.8, 4) is 11.3 Å². The first-order valence-electron chi connectivity index (χ1n) is 11.9. The summed E-state index contributed by atoms with van der Waals surface area (Å²) in [7, 11) is 3.79. The topological polar surface area (TPSA) is 41.0 Å². The number of fused-ring (bicyclic) bond motifs is 1. The molecule has 0 fully saturated rings. The maximum Gasteiger partial charge on any atom is 0.191 e. The summed E-state index contributed by atoms with van der Waals surface area (Å²) in [5, 5.41) is 3.76. The van der Waals surface area contributed by atoms with Gasteiger partial charge in [0.15, 0.2) is 5.13 Å². The number of benzene rings is 1. The molecule has 0 unspecified atom stereocenters.